The van der Waals surface area contributed by atoms with Crippen molar-refractivity contribution < 1.29 is 18.8 Å². The standard InChI is InChI=1S/C18H23N3O4/c1-20(12-14-5-3-4-6-17(14)23-2)18(22)16-11-15(25-19-16)13-21-7-9-24-10-8-21/h3-6,11H,7-10,12-13H2,1-2H3. The molecule has 7 nitrogen and oxygen atoms in total. The van der Waals surface area contributed by atoms with E-state index < -0.39 is 0 Å². The van der Waals surface area contributed by atoms with Crippen molar-refractivity contribution in [1.29, 1.82) is 0 Å². The number of amides is 1. The van der Waals surface area contributed by atoms with E-state index >= 15 is 0 Å². The van der Waals surface area contributed by atoms with E-state index in [1.165, 1.54) is 0 Å². The number of methoxy groups -OCH3 is 1. The number of carbonyl (C=O) groups is 1. The first kappa shape index (κ1) is 17.4. The topological polar surface area (TPSA) is 68.0 Å². The average Bonchev–Trinajstić information content (AvgIpc) is 3.10. The predicted molar refractivity (Wildman–Crippen MR) is 91.4 cm³/mol. The summed E-state index contributed by atoms with van der Waals surface area (Å²) in [4.78, 5) is 16.4. The maximum absolute atomic E-state index is 12.6. The second-order valence-corrected chi connectivity index (χ2v) is 6.04. The van der Waals surface area contributed by atoms with Gasteiger partial charge in [0, 0.05) is 38.3 Å². The fraction of sp³-hybridized carbons (Fsp3) is 0.444. The predicted octanol–water partition coefficient (Wildman–Crippen LogP) is 1.79. The number of hydrogen-bond donors (Lipinski definition) is 0. The highest BCUT2D eigenvalue weighted by Gasteiger charge is 2.20. The lowest BCUT2D eigenvalue weighted by molar-refractivity contribution is 0.0305. The van der Waals surface area contributed by atoms with Crippen LogP contribution in [0, 0.1) is 0 Å². The monoisotopic (exact) mass is 345 g/mol. The summed E-state index contributed by atoms with van der Waals surface area (Å²) in [7, 11) is 3.36. The number of morpholine rings is 1. The summed E-state index contributed by atoms with van der Waals surface area (Å²) in [5.74, 6) is 1.27. The number of para-hydroxylation sites is 1. The molecule has 0 unspecified atom stereocenters. The molecular formula is C18H23N3O4. The first-order valence-electron chi connectivity index (χ1n) is 8.30. The van der Waals surface area contributed by atoms with Gasteiger partial charge in [0.15, 0.2) is 11.5 Å². The molecule has 0 atom stereocenters. The molecule has 0 bridgehead atoms. The fourth-order valence-electron chi connectivity index (χ4n) is 2.82. The summed E-state index contributed by atoms with van der Waals surface area (Å²) < 4.78 is 16.0. The van der Waals surface area contributed by atoms with Crippen molar-refractivity contribution >= 4 is 5.91 Å². The molecule has 1 aromatic heterocycles. The quantitative estimate of drug-likeness (QED) is 0.795. The Morgan fingerprint density at radius 3 is 2.84 bits per heavy atom. The molecule has 0 saturated carbocycles. The minimum Gasteiger partial charge on any atom is -0.496 e. The van der Waals surface area contributed by atoms with Crippen LogP contribution < -0.4 is 4.74 Å². The van der Waals surface area contributed by atoms with E-state index in [1.807, 2.05) is 24.3 Å². The Hall–Kier alpha value is -2.38. The molecule has 0 spiro atoms. The fourth-order valence-corrected chi connectivity index (χ4v) is 2.82. The van der Waals surface area contributed by atoms with Crippen LogP contribution in [-0.2, 0) is 17.8 Å². The van der Waals surface area contributed by atoms with E-state index in [9.17, 15) is 4.79 Å². The van der Waals surface area contributed by atoms with Crippen molar-refractivity contribution in [1.82, 2.24) is 15.0 Å². The number of benzene rings is 1. The molecule has 1 amide bonds. The lowest BCUT2D eigenvalue weighted by Gasteiger charge is -2.25. The molecular weight excluding hydrogens is 322 g/mol. The van der Waals surface area contributed by atoms with Crippen LogP contribution in [0.1, 0.15) is 21.8 Å². The molecule has 7 heteroatoms. The van der Waals surface area contributed by atoms with Crippen molar-refractivity contribution in [2.75, 3.05) is 40.5 Å². The van der Waals surface area contributed by atoms with Crippen LogP contribution in [0.3, 0.4) is 0 Å². The zero-order valence-corrected chi connectivity index (χ0v) is 14.6. The van der Waals surface area contributed by atoms with Crippen LogP contribution in [0.2, 0.25) is 0 Å². The third kappa shape index (κ3) is 4.37. The third-order valence-corrected chi connectivity index (χ3v) is 4.21. The molecule has 1 aliphatic heterocycles. The van der Waals surface area contributed by atoms with Gasteiger partial charge < -0.3 is 18.9 Å². The van der Waals surface area contributed by atoms with Gasteiger partial charge in [-0.25, -0.2) is 0 Å². The van der Waals surface area contributed by atoms with Gasteiger partial charge in [-0.2, -0.15) is 0 Å². The highest BCUT2D eigenvalue weighted by molar-refractivity contribution is 5.92. The number of hydrogen-bond acceptors (Lipinski definition) is 6. The number of carbonyl (C=O) groups excluding carboxylic acids is 1. The van der Waals surface area contributed by atoms with Gasteiger partial charge in [0.1, 0.15) is 5.75 Å². The van der Waals surface area contributed by atoms with E-state index in [4.69, 9.17) is 14.0 Å². The summed E-state index contributed by atoms with van der Waals surface area (Å²) in [6.07, 6.45) is 0. The Morgan fingerprint density at radius 1 is 1.32 bits per heavy atom. The zero-order chi connectivity index (χ0) is 17.6. The highest BCUT2D eigenvalue weighted by Crippen LogP contribution is 2.19. The SMILES string of the molecule is COc1ccccc1CN(C)C(=O)c1cc(CN2CCOCC2)on1. The van der Waals surface area contributed by atoms with E-state index in [-0.39, 0.29) is 5.91 Å². The van der Waals surface area contributed by atoms with Gasteiger partial charge in [-0.1, -0.05) is 23.4 Å². The van der Waals surface area contributed by atoms with Gasteiger partial charge in [0.05, 0.1) is 26.9 Å². The molecule has 25 heavy (non-hydrogen) atoms. The summed E-state index contributed by atoms with van der Waals surface area (Å²) in [6, 6.07) is 9.36. The first-order valence-corrected chi connectivity index (χ1v) is 8.30. The Balaban J connectivity index is 1.62. The summed E-state index contributed by atoms with van der Waals surface area (Å²) in [6.45, 7) is 4.24. The van der Waals surface area contributed by atoms with Crippen molar-refractivity contribution in [3.63, 3.8) is 0 Å². The lowest BCUT2D eigenvalue weighted by Crippen LogP contribution is -2.35. The first-order chi connectivity index (χ1) is 12.2. The molecule has 1 fully saturated rings. The molecule has 134 valence electrons. The zero-order valence-electron chi connectivity index (χ0n) is 14.6. The van der Waals surface area contributed by atoms with Crippen LogP contribution >= 0.6 is 0 Å². The maximum atomic E-state index is 12.6. The van der Waals surface area contributed by atoms with Crippen molar-refractivity contribution in [3.8, 4) is 5.75 Å². The van der Waals surface area contributed by atoms with E-state index in [0.717, 1.165) is 37.6 Å². The second kappa shape index (κ2) is 8.13. The van der Waals surface area contributed by atoms with Gasteiger partial charge in [-0.3, -0.25) is 9.69 Å². The van der Waals surface area contributed by atoms with Crippen LogP contribution in [0.5, 0.6) is 5.75 Å². The minimum absolute atomic E-state index is 0.178. The largest absolute Gasteiger partial charge is 0.496 e. The average molecular weight is 345 g/mol. The molecule has 1 aliphatic rings. The van der Waals surface area contributed by atoms with Crippen LogP contribution in [0.4, 0.5) is 0 Å². The lowest BCUT2D eigenvalue weighted by atomic mass is 10.2. The van der Waals surface area contributed by atoms with Crippen LogP contribution in [-0.4, -0.2) is 61.3 Å². The van der Waals surface area contributed by atoms with E-state index in [0.29, 0.717) is 24.5 Å². The molecule has 2 aromatic rings. The Bertz CT molecular complexity index is 710. The number of aromatic nitrogens is 1. The molecule has 0 N–H and O–H groups in total. The maximum Gasteiger partial charge on any atom is 0.276 e. The van der Waals surface area contributed by atoms with Gasteiger partial charge in [0.25, 0.3) is 5.91 Å². The molecule has 3 rings (SSSR count). The molecule has 2 heterocycles. The summed E-state index contributed by atoms with van der Waals surface area (Å²) >= 11 is 0. The number of nitrogens with zero attached hydrogens (tertiary/aromatic N) is 3. The summed E-state index contributed by atoms with van der Waals surface area (Å²) in [5.41, 5.74) is 1.26. The Kier molecular flexibility index (Phi) is 5.67. The molecule has 1 saturated heterocycles. The number of rotatable bonds is 6. The highest BCUT2D eigenvalue weighted by atomic mass is 16.5. The minimum atomic E-state index is -0.178. The number of ether oxygens (including phenoxy) is 2. The summed E-state index contributed by atoms with van der Waals surface area (Å²) in [5, 5.41) is 3.93. The normalized spacial score (nSPS) is 15.1. The molecule has 0 aliphatic carbocycles. The second-order valence-electron chi connectivity index (χ2n) is 6.04. The van der Waals surface area contributed by atoms with E-state index in [2.05, 4.69) is 10.1 Å². The van der Waals surface area contributed by atoms with Crippen LogP contribution in [0.15, 0.2) is 34.9 Å². The van der Waals surface area contributed by atoms with Crippen molar-refractivity contribution in [3.05, 3.63) is 47.3 Å². The molecule has 0 radical (unpaired) electrons. The van der Waals surface area contributed by atoms with Gasteiger partial charge in [0.2, 0.25) is 0 Å². The Labute approximate surface area is 147 Å². The molecule has 1 aromatic carbocycles. The van der Waals surface area contributed by atoms with Crippen molar-refractivity contribution in [2.45, 2.75) is 13.1 Å². The van der Waals surface area contributed by atoms with Crippen molar-refractivity contribution in [2.24, 2.45) is 0 Å². The van der Waals surface area contributed by atoms with Gasteiger partial charge >= 0.3 is 0 Å². The van der Waals surface area contributed by atoms with Crippen LogP contribution in [0.25, 0.3) is 0 Å². The smallest absolute Gasteiger partial charge is 0.276 e. The Morgan fingerprint density at radius 2 is 2.08 bits per heavy atom. The third-order valence-electron chi connectivity index (χ3n) is 4.21. The van der Waals surface area contributed by atoms with Gasteiger partial charge in [-0.15, -0.1) is 0 Å². The van der Waals surface area contributed by atoms with Gasteiger partial charge in [-0.05, 0) is 6.07 Å². The van der Waals surface area contributed by atoms with E-state index in [1.54, 1.807) is 25.1 Å².